The molecule has 4 rings (SSSR count). The van der Waals surface area contributed by atoms with Crippen LogP contribution >= 0.6 is 11.8 Å². The number of amides is 1. The minimum atomic E-state index is -0.177. The Labute approximate surface area is 167 Å². The van der Waals surface area contributed by atoms with Crippen LogP contribution in [-0.4, -0.2) is 52.3 Å². The molecule has 2 heterocycles. The average molecular weight is 395 g/mol. The molecule has 1 atom stereocenters. The molecule has 0 N–H and O–H groups in total. The van der Waals surface area contributed by atoms with Gasteiger partial charge in [-0.15, -0.1) is 0 Å². The van der Waals surface area contributed by atoms with Crippen LogP contribution in [0.1, 0.15) is 6.92 Å². The van der Waals surface area contributed by atoms with Gasteiger partial charge < -0.3 is 14.4 Å². The number of likely N-dealkylation sites (N-methyl/N-ethyl adjacent to an activating group) is 1. The minimum Gasteiger partial charge on any atom is -0.486 e. The number of aromatic nitrogens is 2. The van der Waals surface area contributed by atoms with Crippen LogP contribution in [0.5, 0.6) is 11.5 Å². The van der Waals surface area contributed by atoms with Crippen LogP contribution in [0, 0.1) is 0 Å². The molecule has 7 heteroatoms. The second-order valence-corrected chi connectivity index (χ2v) is 7.38. The first-order valence-corrected chi connectivity index (χ1v) is 10.2. The standard InChI is InChI=1S/C21H21N3O3S/c1-2-24(11-15-12-26-18-9-5-6-10-19(18)27-15)20(25)13-28-21-16-7-3-4-8-17(16)22-14-23-21/h3-10,14-15H,2,11-13H2,1H3/t15-/m1/s1. The van der Waals surface area contributed by atoms with Crippen molar-refractivity contribution in [2.24, 2.45) is 0 Å². The van der Waals surface area contributed by atoms with Crippen molar-refractivity contribution in [1.82, 2.24) is 14.9 Å². The second kappa shape index (κ2) is 8.48. The zero-order chi connectivity index (χ0) is 19.3. The zero-order valence-corrected chi connectivity index (χ0v) is 16.4. The average Bonchev–Trinajstić information content (AvgIpc) is 2.75. The molecule has 0 saturated carbocycles. The summed E-state index contributed by atoms with van der Waals surface area (Å²) in [5, 5.41) is 1.78. The lowest BCUT2D eigenvalue weighted by atomic mass is 10.2. The summed E-state index contributed by atoms with van der Waals surface area (Å²) in [5.74, 6) is 1.85. The first kappa shape index (κ1) is 18.6. The third-order valence-corrected chi connectivity index (χ3v) is 5.55. The molecule has 3 aromatic rings. The van der Waals surface area contributed by atoms with Gasteiger partial charge in [0.1, 0.15) is 18.0 Å². The number of rotatable bonds is 6. The van der Waals surface area contributed by atoms with Crippen molar-refractivity contribution in [3.63, 3.8) is 0 Å². The van der Waals surface area contributed by atoms with Gasteiger partial charge in [-0.1, -0.05) is 42.1 Å². The number of hydrogen-bond donors (Lipinski definition) is 0. The van der Waals surface area contributed by atoms with Crippen LogP contribution in [0.25, 0.3) is 10.9 Å². The van der Waals surface area contributed by atoms with E-state index in [0.717, 1.165) is 27.4 Å². The van der Waals surface area contributed by atoms with E-state index in [1.165, 1.54) is 18.1 Å². The van der Waals surface area contributed by atoms with Crippen molar-refractivity contribution in [3.05, 3.63) is 54.9 Å². The summed E-state index contributed by atoms with van der Waals surface area (Å²) >= 11 is 1.44. The summed E-state index contributed by atoms with van der Waals surface area (Å²) in [6.45, 7) is 3.52. The molecule has 0 fully saturated rings. The molecule has 0 spiro atoms. The van der Waals surface area contributed by atoms with E-state index in [1.54, 1.807) is 4.90 Å². The van der Waals surface area contributed by atoms with E-state index >= 15 is 0 Å². The van der Waals surface area contributed by atoms with Crippen molar-refractivity contribution in [3.8, 4) is 11.5 Å². The Hall–Kier alpha value is -2.80. The van der Waals surface area contributed by atoms with Crippen molar-refractivity contribution in [1.29, 1.82) is 0 Å². The number of para-hydroxylation sites is 3. The molecule has 0 aliphatic carbocycles. The summed E-state index contributed by atoms with van der Waals surface area (Å²) in [5.41, 5.74) is 0.881. The van der Waals surface area contributed by atoms with Gasteiger partial charge >= 0.3 is 0 Å². The fraction of sp³-hybridized carbons (Fsp3) is 0.286. The Balaban J connectivity index is 1.38. The highest BCUT2D eigenvalue weighted by atomic mass is 32.2. The predicted molar refractivity (Wildman–Crippen MR) is 109 cm³/mol. The van der Waals surface area contributed by atoms with Crippen LogP contribution in [0.3, 0.4) is 0 Å². The summed E-state index contributed by atoms with van der Waals surface area (Å²) in [7, 11) is 0. The van der Waals surface area contributed by atoms with Gasteiger partial charge in [-0.05, 0) is 25.1 Å². The van der Waals surface area contributed by atoms with Gasteiger partial charge in [-0.25, -0.2) is 9.97 Å². The van der Waals surface area contributed by atoms with Crippen LogP contribution in [0.4, 0.5) is 0 Å². The lowest BCUT2D eigenvalue weighted by Gasteiger charge is -2.30. The summed E-state index contributed by atoms with van der Waals surface area (Å²) in [4.78, 5) is 23.2. The number of carbonyl (C=O) groups excluding carboxylic acids is 1. The topological polar surface area (TPSA) is 64.6 Å². The smallest absolute Gasteiger partial charge is 0.233 e. The van der Waals surface area contributed by atoms with E-state index in [2.05, 4.69) is 9.97 Å². The number of hydrogen-bond acceptors (Lipinski definition) is 6. The summed E-state index contributed by atoms with van der Waals surface area (Å²) < 4.78 is 11.7. The first-order valence-electron chi connectivity index (χ1n) is 9.23. The van der Waals surface area contributed by atoms with Gasteiger partial charge in [0, 0.05) is 11.9 Å². The van der Waals surface area contributed by atoms with Crippen LogP contribution < -0.4 is 9.47 Å². The Bertz CT molecular complexity index is 977. The number of nitrogens with zero attached hydrogens (tertiary/aromatic N) is 3. The maximum absolute atomic E-state index is 12.8. The Morgan fingerprint density at radius 1 is 1.14 bits per heavy atom. The molecule has 28 heavy (non-hydrogen) atoms. The third-order valence-electron chi connectivity index (χ3n) is 4.56. The molecule has 0 radical (unpaired) electrons. The van der Waals surface area contributed by atoms with Crippen molar-refractivity contribution in [2.45, 2.75) is 18.1 Å². The number of fused-ring (bicyclic) bond motifs is 2. The molecule has 1 aromatic heterocycles. The fourth-order valence-corrected chi connectivity index (χ4v) is 4.02. The van der Waals surface area contributed by atoms with E-state index in [-0.39, 0.29) is 12.0 Å². The minimum absolute atomic E-state index is 0.0534. The molecule has 0 bridgehead atoms. The van der Waals surface area contributed by atoms with E-state index in [4.69, 9.17) is 9.47 Å². The number of thioether (sulfide) groups is 1. The Morgan fingerprint density at radius 3 is 2.79 bits per heavy atom. The van der Waals surface area contributed by atoms with E-state index < -0.39 is 0 Å². The molecule has 6 nitrogen and oxygen atoms in total. The van der Waals surface area contributed by atoms with E-state index in [9.17, 15) is 4.79 Å². The molecule has 1 amide bonds. The van der Waals surface area contributed by atoms with Crippen LogP contribution in [0.15, 0.2) is 59.9 Å². The van der Waals surface area contributed by atoms with Crippen molar-refractivity contribution >= 4 is 28.6 Å². The molecule has 144 valence electrons. The largest absolute Gasteiger partial charge is 0.486 e. The highest BCUT2D eigenvalue weighted by Crippen LogP contribution is 2.31. The lowest BCUT2D eigenvalue weighted by Crippen LogP contribution is -2.44. The van der Waals surface area contributed by atoms with E-state index in [0.29, 0.717) is 25.4 Å². The third kappa shape index (κ3) is 4.04. The summed E-state index contributed by atoms with van der Waals surface area (Å²) in [6.07, 6.45) is 1.36. The number of carbonyl (C=O) groups is 1. The van der Waals surface area contributed by atoms with Crippen molar-refractivity contribution < 1.29 is 14.3 Å². The fourth-order valence-electron chi connectivity index (χ4n) is 3.12. The molecular weight excluding hydrogens is 374 g/mol. The van der Waals surface area contributed by atoms with Gasteiger partial charge in [0.15, 0.2) is 17.6 Å². The molecule has 1 aliphatic heterocycles. The molecule has 0 unspecified atom stereocenters. The first-order chi connectivity index (χ1) is 13.7. The van der Waals surface area contributed by atoms with Crippen molar-refractivity contribution in [2.75, 3.05) is 25.4 Å². The second-order valence-electron chi connectivity index (χ2n) is 6.41. The van der Waals surface area contributed by atoms with Gasteiger partial charge in [-0.3, -0.25) is 4.79 Å². The monoisotopic (exact) mass is 395 g/mol. The molecule has 1 aliphatic rings. The SMILES string of the molecule is CCN(C[C@@H]1COc2ccccc2O1)C(=O)CSc1ncnc2ccccc12. The van der Waals surface area contributed by atoms with Gasteiger partial charge in [0.25, 0.3) is 0 Å². The molecular formula is C21H21N3O3S. The Kier molecular flexibility index (Phi) is 5.62. The van der Waals surface area contributed by atoms with E-state index in [1.807, 2.05) is 55.5 Å². The molecule has 2 aromatic carbocycles. The van der Waals surface area contributed by atoms with Gasteiger partial charge in [0.05, 0.1) is 17.8 Å². The maximum Gasteiger partial charge on any atom is 0.233 e. The van der Waals surface area contributed by atoms with Crippen LogP contribution in [-0.2, 0) is 4.79 Å². The zero-order valence-electron chi connectivity index (χ0n) is 15.6. The van der Waals surface area contributed by atoms with Gasteiger partial charge in [0.2, 0.25) is 5.91 Å². The number of benzene rings is 2. The highest BCUT2D eigenvalue weighted by molar-refractivity contribution is 8.00. The summed E-state index contributed by atoms with van der Waals surface area (Å²) in [6, 6.07) is 15.4. The Morgan fingerprint density at radius 2 is 1.93 bits per heavy atom. The van der Waals surface area contributed by atoms with Crippen LogP contribution in [0.2, 0.25) is 0 Å². The number of ether oxygens (including phenoxy) is 2. The normalized spacial score (nSPS) is 15.4. The lowest BCUT2D eigenvalue weighted by molar-refractivity contribution is -0.129. The maximum atomic E-state index is 12.8. The quantitative estimate of drug-likeness (QED) is 0.471. The predicted octanol–water partition coefficient (Wildman–Crippen LogP) is 3.41. The highest BCUT2D eigenvalue weighted by Gasteiger charge is 2.25. The van der Waals surface area contributed by atoms with Gasteiger partial charge in [-0.2, -0.15) is 0 Å². The molecule has 0 saturated heterocycles.